The maximum atomic E-state index is 12.8. The molecule has 1 amide bonds. The molecule has 0 bridgehead atoms. The largest absolute Gasteiger partial charge is 0.474 e. The lowest BCUT2D eigenvalue weighted by atomic mass is 10.1. The van der Waals surface area contributed by atoms with Crippen molar-refractivity contribution in [3.05, 3.63) is 75.1 Å². The number of carbonyl (C=O) groups excluding carboxylic acids is 1. The van der Waals surface area contributed by atoms with E-state index in [1.807, 2.05) is 37.3 Å². The number of carboxylic acid groups (broad SMARTS) is 1. The van der Waals surface area contributed by atoms with Crippen LogP contribution in [0.1, 0.15) is 28.9 Å². The molecule has 0 fully saturated rings. The normalized spacial score (nSPS) is 14.2. The number of allylic oxidation sites excluding steroid dienone is 1. The van der Waals surface area contributed by atoms with Gasteiger partial charge in [0.2, 0.25) is 0 Å². The monoisotopic (exact) mass is 375 g/mol. The molecule has 0 spiro atoms. The van der Waals surface area contributed by atoms with E-state index in [4.69, 9.17) is 9.52 Å². The van der Waals surface area contributed by atoms with Gasteiger partial charge in [0.05, 0.1) is 5.39 Å². The fourth-order valence-electron chi connectivity index (χ4n) is 3.36. The van der Waals surface area contributed by atoms with Gasteiger partial charge in [-0.1, -0.05) is 29.8 Å². The Hall–Kier alpha value is -3.67. The minimum absolute atomic E-state index is 0.0975. The summed E-state index contributed by atoms with van der Waals surface area (Å²) in [6.45, 7) is 2.02. The minimum Gasteiger partial charge on any atom is -0.474 e. The lowest BCUT2D eigenvalue weighted by Crippen LogP contribution is -2.21. The second kappa shape index (κ2) is 6.81. The molecular weight excluding hydrogens is 358 g/mol. The van der Waals surface area contributed by atoms with Gasteiger partial charge in [0.1, 0.15) is 11.3 Å². The number of aryl methyl sites for hydroxylation is 1. The van der Waals surface area contributed by atoms with Gasteiger partial charge in [0.25, 0.3) is 0 Å². The molecule has 0 atom stereocenters. The second-order valence-electron chi connectivity index (χ2n) is 6.79. The quantitative estimate of drug-likeness (QED) is 0.667. The van der Waals surface area contributed by atoms with E-state index in [1.54, 1.807) is 6.07 Å². The maximum Gasteiger partial charge on any atom is 0.394 e. The van der Waals surface area contributed by atoms with Crippen molar-refractivity contribution in [1.82, 2.24) is 0 Å². The minimum atomic E-state index is -1.58. The SMILES string of the molecule is Cc1ccc(C=C2CCc3c2oc2cc(NC(=O)C(=O)O)ccc2c3=O)cc1. The average molecular weight is 375 g/mol. The first kappa shape index (κ1) is 17.7. The third kappa shape index (κ3) is 3.20. The summed E-state index contributed by atoms with van der Waals surface area (Å²) in [5, 5.41) is 11.4. The van der Waals surface area contributed by atoms with E-state index in [0.717, 1.165) is 11.1 Å². The van der Waals surface area contributed by atoms with Gasteiger partial charge in [0.15, 0.2) is 5.43 Å². The summed E-state index contributed by atoms with van der Waals surface area (Å²) in [6.07, 6.45) is 3.33. The summed E-state index contributed by atoms with van der Waals surface area (Å²) in [7, 11) is 0. The predicted molar refractivity (Wildman–Crippen MR) is 106 cm³/mol. The molecule has 2 aromatic carbocycles. The zero-order valence-corrected chi connectivity index (χ0v) is 15.1. The van der Waals surface area contributed by atoms with Crippen molar-refractivity contribution in [3.63, 3.8) is 0 Å². The number of anilines is 1. The number of fused-ring (bicyclic) bond motifs is 2. The zero-order valence-electron chi connectivity index (χ0n) is 15.1. The number of benzene rings is 2. The zero-order chi connectivity index (χ0) is 19.8. The Kier molecular flexibility index (Phi) is 4.31. The highest BCUT2D eigenvalue weighted by atomic mass is 16.4. The Morgan fingerprint density at radius 1 is 1.11 bits per heavy atom. The average Bonchev–Trinajstić information content (AvgIpc) is 3.06. The van der Waals surface area contributed by atoms with E-state index in [9.17, 15) is 14.4 Å². The van der Waals surface area contributed by atoms with E-state index in [0.29, 0.717) is 35.1 Å². The molecule has 0 aliphatic heterocycles. The van der Waals surface area contributed by atoms with Crippen LogP contribution in [0.15, 0.2) is 51.7 Å². The maximum absolute atomic E-state index is 12.8. The van der Waals surface area contributed by atoms with Crippen molar-refractivity contribution >= 4 is 40.2 Å². The Labute approximate surface area is 160 Å². The highest BCUT2D eigenvalue weighted by Gasteiger charge is 2.24. The molecule has 3 aromatic rings. The molecule has 6 heteroatoms. The van der Waals surface area contributed by atoms with E-state index in [-0.39, 0.29) is 11.1 Å². The van der Waals surface area contributed by atoms with E-state index >= 15 is 0 Å². The van der Waals surface area contributed by atoms with Gasteiger partial charge in [-0.2, -0.15) is 0 Å². The summed E-state index contributed by atoms with van der Waals surface area (Å²) >= 11 is 0. The molecule has 1 aromatic heterocycles. The molecule has 6 nitrogen and oxygen atoms in total. The molecule has 0 unspecified atom stereocenters. The Balaban J connectivity index is 1.78. The van der Waals surface area contributed by atoms with E-state index in [2.05, 4.69) is 5.32 Å². The van der Waals surface area contributed by atoms with Crippen LogP contribution in [-0.2, 0) is 16.0 Å². The van der Waals surface area contributed by atoms with Crippen LogP contribution >= 0.6 is 0 Å². The molecule has 1 heterocycles. The van der Waals surface area contributed by atoms with Gasteiger partial charge in [-0.15, -0.1) is 0 Å². The van der Waals surface area contributed by atoms with Gasteiger partial charge in [-0.25, -0.2) is 4.79 Å². The summed E-state index contributed by atoms with van der Waals surface area (Å²) in [5.74, 6) is -2.18. The second-order valence-corrected chi connectivity index (χ2v) is 6.79. The summed E-state index contributed by atoms with van der Waals surface area (Å²) < 4.78 is 6.01. The smallest absolute Gasteiger partial charge is 0.394 e. The van der Waals surface area contributed by atoms with Crippen molar-refractivity contribution in [3.8, 4) is 0 Å². The number of rotatable bonds is 2. The molecular formula is C22H17NO5. The fraction of sp³-hybridized carbons (Fsp3) is 0.136. The third-order valence-electron chi connectivity index (χ3n) is 4.79. The number of carboxylic acids is 1. The van der Waals surface area contributed by atoms with Crippen molar-refractivity contribution in [2.24, 2.45) is 0 Å². The molecule has 1 aliphatic carbocycles. The Morgan fingerprint density at radius 3 is 2.57 bits per heavy atom. The van der Waals surface area contributed by atoms with Crippen LogP contribution in [0, 0.1) is 6.92 Å². The van der Waals surface area contributed by atoms with Crippen LogP contribution < -0.4 is 10.7 Å². The van der Waals surface area contributed by atoms with Crippen molar-refractivity contribution in [2.45, 2.75) is 19.8 Å². The number of hydrogen-bond donors (Lipinski definition) is 2. The molecule has 28 heavy (non-hydrogen) atoms. The number of aliphatic carboxylic acids is 1. The van der Waals surface area contributed by atoms with Gasteiger partial charge >= 0.3 is 11.9 Å². The Bertz CT molecular complexity index is 1200. The molecule has 4 rings (SSSR count). The van der Waals surface area contributed by atoms with Gasteiger partial charge < -0.3 is 14.8 Å². The summed E-state index contributed by atoms with van der Waals surface area (Å²) in [5.41, 5.74) is 4.25. The number of nitrogens with one attached hydrogen (secondary N) is 1. The number of carbonyl (C=O) groups is 2. The molecule has 1 aliphatic rings. The van der Waals surface area contributed by atoms with Gasteiger partial charge in [-0.05, 0) is 49.1 Å². The van der Waals surface area contributed by atoms with Crippen molar-refractivity contribution < 1.29 is 19.1 Å². The molecule has 0 saturated heterocycles. The highest BCUT2D eigenvalue weighted by Crippen LogP contribution is 2.34. The standard InChI is InChI=1S/C22H17NO5/c1-12-2-4-13(5-3-12)10-14-6-8-17-19(24)16-9-7-15(23-21(25)22(26)27)11-18(16)28-20(14)17/h2-5,7,9-11H,6,8H2,1H3,(H,23,25)(H,26,27). The van der Waals surface area contributed by atoms with E-state index in [1.165, 1.54) is 17.7 Å². The van der Waals surface area contributed by atoms with Crippen LogP contribution in [0.3, 0.4) is 0 Å². The molecule has 0 saturated carbocycles. The van der Waals surface area contributed by atoms with Crippen LogP contribution in [-0.4, -0.2) is 17.0 Å². The Morgan fingerprint density at radius 2 is 1.86 bits per heavy atom. The lowest BCUT2D eigenvalue weighted by Gasteiger charge is -2.07. The van der Waals surface area contributed by atoms with Crippen molar-refractivity contribution in [1.29, 1.82) is 0 Å². The number of hydrogen-bond acceptors (Lipinski definition) is 4. The van der Waals surface area contributed by atoms with Crippen molar-refractivity contribution in [2.75, 3.05) is 5.32 Å². The van der Waals surface area contributed by atoms with Crippen LogP contribution in [0.2, 0.25) is 0 Å². The third-order valence-corrected chi connectivity index (χ3v) is 4.79. The lowest BCUT2D eigenvalue weighted by molar-refractivity contribution is -0.147. The summed E-state index contributed by atoms with van der Waals surface area (Å²) in [6, 6.07) is 12.6. The van der Waals surface area contributed by atoms with Crippen LogP contribution in [0.25, 0.3) is 22.6 Å². The van der Waals surface area contributed by atoms with E-state index < -0.39 is 11.9 Å². The molecule has 140 valence electrons. The first-order valence-electron chi connectivity index (χ1n) is 8.84. The first-order valence-corrected chi connectivity index (χ1v) is 8.84. The first-order chi connectivity index (χ1) is 13.4. The topological polar surface area (TPSA) is 96.6 Å². The van der Waals surface area contributed by atoms with Crippen LogP contribution in [0.5, 0.6) is 0 Å². The van der Waals surface area contributed by atoms with Crippen LogP contribution in [0.4, 0.5) is 5.69 Å². The summed E-state index contributed by atoms with van der Waals surface area (Å²) in [4.78, 5) is 34.9. The van der Waals surface area contributed by atoms with Gasteiger partial charge in [0, 0.05) is 17.3 Å². The highest BCUT2D eigenvalue weighted by molar-refractivity contribution is 6.36. The molecule has 2 N–H and O–H groups in total. The van der Waals surface area contributed by atoms with Gasteiger partial charge in [-0.3, -0.25) is 9.59 Å². The fourth-order valence-corrected chi connectivity index (χ4v) is 3.36. The number of amides is 1. The predicted octanol–water partition coefficient (Wildman–Crippen LogP) is 3.61. The molecule has 0 radical (unpaired) electrons.